The Kier molecular flexibility index (Phi) is 4.48. The number of rotatable bonds is 6. The van der Waals surface area contributed by atoms with Gasteiger partial charge in [0.05, 0.1) is 22.6 Å². The third kappa shape index (κ3) is 3.95. The molecule has 0 atom stereocenters. The molecule has 1 saturated carbocycles. The van der Waals surface area contributed by atoms with E-state index >= 15 is 0 Å². The van der Waals surface area contributed by atoms with Crippen molar-refractivity contribution >= 4 is 34.6 Å². The molecule has 2 N–H and O–H groups in total. The lowest BCUT2D eigenvalue weighted by Gasteiger charge is -2.32. The predicted molar refractivity (Wildman–Crippen MR) is 127 cm³/mol. The van der Waals surface area contributed by atoms with Crippen LogP contribution in [0.4, 0.5) is 27.3 Å². The maximum atomic E-state index is 14.8. The average Bonchev–Trinajstić information content (AvgIpc) is 3.64. The third-order valence-corrected chi connectivity index (χ3v) is 6.03. The Morgan fingerprint density at radius 1 is 1.21 bits per heavy atom. The fraction of sp³-hybridized carbons (Fsp3) is 0.269. The summed E-state index contributed by atoms with van der Waals surface area (Å²) in [5, 5.41) is 6.01. The second-order valence-electron chi connectivity index (χ2n) is 8.44. The molecule has 3 aromatic rings. The summed E-state index contributed by atoms with van der Waals surface area (Å²) in [6.45, 7) is -1.96. The highest BCUT2D eigenvalue weighted by atomic mass is 19.1. The van der Waals surface area contributed by atoms with Crippen LogP contribution in [0.3, 0.4) is 0 Å². The highest BCUT2D eigenvalue weighted by molar-refractivity contribution is 6.03. The number of carbonyl (C=O) groups is 2. The molecule has 168 valence electrons. The fourth-order valence-corrected chi connectivity index (χ4v) is 4.26. The zero-order chi connectivity index (χ0) is 25.6. The van der Waals surface area contributed by atoms with Gasteiger partial charge in [0.15, 0.2) is 5.78 Å². The molecule has 1 fully saturated rings. The lowest BCUT2D eigenvalue weighted by molar-refractivity contribution is -0.117. The quantitative estimate of drug-likeness (QED) is 0.487. The van der Waals surface area contributed by atoms with Crippen LogP contribution < -0.4 is 15.5 Å². The summed E-state index contributed by atoms with van der Waals surface area (Å²) in [6, 6.07) is 12.0. The molecule has 0 saturated heterocycles. The van der Waals surface area contributed by atoms with Gasteiger partial charge in [-0.1, -0.05) is 31.1 Å². The van der Waals surface area contributed by atoms with E-state index in [2.05, 4.69) is 15.6 Å². The molecule has 0 radical (unpaired) electrons. The van der Waals surface area contributed by atoms with E-state index in [-0.39, 0.29) is 29.0 Å². The summed E-state index contributed by atoms with van der Waals surface area (Å²) in [4.78, 5) is 31.4. The number of halogens is 1. The van der Waals surface area contributed by atoms with Gasteiger partial charge in [-0.2, -0.15) is 0 Å². The van der Waals surface area contributed by atoms with Gasteiger partial charge in [-0.05, 0) is 30.5 Å². The minimum Gasteiger partial charge on any atom is -0.368 e. The molecular weight excluding hydrogens is 419 g/mol. The van der Waals surface area contributed by atoms with Crippen molar-refractivity contribution in [2.45, 2.75) is 32.7 Å². The highest BCUT2D eigenvalue weighted by Crippen LogP contribution is 2.45. The molecule has 33 heavy (non-hydrogen) atoms. The lowest BCUT2D eigenvalue weighted by Crippen LogP contribution is -2.23. The molecule has 0 bridgehead atoms. The number of amides is 1. The summed E-state index contributed by atoms with van der Waals surface area (Å²) in [7, 11) is 1.90. The number of fused-ring (bicyclic) bond motifs is 3. The number of aromatic nitrogens is 1. The van der Waals surface area contributed by atoms with Crippen molar-refractivity contribution in [1.29, 1.82) is 0 Å². The number of nitrogens with one attached hydrogen (secondary N) is 2. The Bertz CT molecular complexity index is 1370. The van der Waals surface area contributed by atoms with Crippen LogP contribution >= 0.6 is 0 Å². The summed E-state index contributed by atoms with van der Waals surface area (Å²) in [5.74, 6) is -0.834. The van der Waals surface area contributed by atoms with Crippen LogP contribution in [0.2, 0.25) is 0 Å². The van der Waals surface area contributed by atoms with Gasteiger partial charge in [-0.15, -0.1) is 0 Å². The Morgan fingerprint density at radius 2 is 2.03 bits per heavy atom. The molecule has 2 aromatic carbocycles. The molecule has 2 aliphatic rings. The van der Waals surface area contributed by atoms with Crippen molar-refractivity contribution in [2.24, 2.45) is 5.92 Å². The van der Waals surface area contributed by atoms with E-state index in [1.165, 1.54) is 18.3 Å². The number of nitrogens with zero attached hydrogens (tertiary/aromatic N) is 2. The van der Waals surface area contributed by atoms with Gasteiger partial charge in [-0.25, -0.2) is 9.37 Å². The second-order valence-corrected chi connectivity index (χ2v) is 8.44. The number of carbonyl (C=O) groups excluding carboxylic acids is 2. The zero-order valence-corrected chi connectivity index (χ0v) is 18.1. The summed E-state index contributed by atoms with van der Waals surface area (Å²) >= 11 is 0. The molecule has 1 aliphatic heterocycles. The lowest BCUT2D eigenvalue weighted by atomic mass is 9.92. The Balaban J connectivity index is 1.56. The Hall–Kier alpha value is -3.74. The number of anilines is 4. The number of Topliss-reactive ketones (excluding diaryl/α,β-unsaturated/α-hetero) is 1. The average molecular weight is 448 g/mol. The van der Waals surface area contributed by atoms with Crippen molar-refractivity contribution < 1.29 is 18.1 Å². The van der Waals surface area contributed by atoms with Gasteiger partial charge in [-0.3, -0.25) is 9.59 Å². The molecule has 1 amide bonds. The molecule has 1 aromatic heterocycles. The van der Waals surface area contributed by atoms with Gasteiger partial charge < -0.3 is 15.5 Å². The second kappa shape index (κ2) is 8.31. The highest BCUT2D eigenvalue weighted by Gasteiger charge is 2.30. The first kappa shape index (κ1) is 17.8. The SMILES string of the molecule is [2H]C([2H])([2H])CC(=O)c1cnc(NC(=O)C2CC2)cc1Nc1cccc2c1N(C)Cc1cccc(F)c1-2. The van der Waals surface area contributed by atoms with E-state index < -0.39 is 19.1 Å². The first-order valence-electron chi connectivity index (χ1n) is 12.3. The van der Waals surface area contributed by atoms with Gasteiger partial charge in [0.25, 0.3) is 0 Å². The summed E-state index contributed by atoms with van der Waals surface area (Å²) in [6.07, 6.45) is 2.29. The monoisotopic (exact) mass is 447 g/mol. The van der Waals surface area contributed by atoms with E-state index in [4.69, 9.17) is 4.11 Å². The van der Waals surface area contributed by atoms with Crippen LogP contribution in [0, 0.1) is 11.7 Å². The fourth-order valence-electron chi connectivity index (χ4n) is 4.26. The van der Waals surface area contributed by atoms with Crippen LogP contribution in [0.1, 0.15) is 46.1 Å². The summed E-state index contributed by atoms with van der Waals surface area (Å²) < 4.78 is 37.3. The van der Waals surface area contributed by atoms with E-state index in [1.807, 2.05) is 30.1 Å². The van der Waals surface area contributed by atoms with Crippen LogP contribution in [-0.2, 0) is 11.3 Å². The topological polar surface area (TPSA) is 74.3 Å². The molecule has 1 aliphatic carbocycles. The number of hydrogen-bond donors (Lipinski definition) is 2. The smallest absolute Gasteiger partial charge is 0.228 e. The number of para-hydroxylation sites is 1. The van der Waals surface area contributed by atoms with Crippen molar-refractivity contribution in [2.75, 3.05) is 22.6 Å². The summed E-state index contributed by atoms with van der Waals surface area (Å²) in [5.41, 5.74) is 3.85. The molecule has 6 nitrogen and oxygen atoms in total. The Labute approximate surface area is 196 Å². The number of ketones is 1. The predicted octanol–water partition coefficient (Wildman–Crippen LogP) is 5.52. The van der Waals surface area contributed by atoms with E-state index in [1.54, 1.807) is 12.1 Å². The zero-order valence-electron chi connectivity index (χ0n) is 21.1. The third-order valence-electron chi connectivity index (χ3n) is 6.03. The minimum absolute atomic E-state index is 0.0372. The van der Waals surface area contributed by atoms with Crippen LogP contribution in [0.15, 0.2) is 48.7 Å². The Morgan fingerprint density at radius 3 is 2.82 bits per heavy atom. The normalized spacial score (nSPS) is 16.1. The molecule has 0 spiro atoms. The van der Waals surface area contributed by atoms with Crippen molar-refractivity contribution in [3.63, 3.8) is 0 Å². The molecule has 7 heteroatoms. The minimum atomic E-state index is -2.44. The van der Waals surface area contributed by atoms with E-state index in [0.29, 0.717) is 29.0 Å². The standard InChI is InChI=1S/C26H25FN4O2/c1-3-22(32)18-13-28-23(30-26(33)15-10-11-15)12-21(18)29-20-9-5-7-17-24-16(6-4-8-19(24)27)14-31(2)25(17)20/h4-9,12-13,15H,3,10-11,14H2,1-2H3,(H2,28,29,30,33)/i1D3. The van der Waals surface area contributed by atoms with Gasteiger partial charge >= 0.3 is 0 Å². The van der Waals surface area contributed by atoms with Crippen molar-refractivity contribution in [1.82, 2.24) is 4.98 Å². The van der Waals surface area contributed by atoms with Gasteiger partial charge in [0.2, 0.25) is 5.91 Å². The maximum absolute atomic E-state index is 14.8. The molecular formula is C26H25FN4O2. The van der Waals surface area contributed by atoms with Gasteiger partial charge in [0, 0.05) is 53.4 Å². The first-order valence-corrected chi connectivity index (χ1v) is 10.8. The maximum Gasteiger partial charge on any atom is 0.228 e. The van der Waals surface area contributed by atoms with Crippen molar-refractivity contribution in [3.8, 4) is 11.1 Å². The first-order chi connectivity index (χ1) is 17.1. The van der Waals surface area contributed by atoms with Crippen LogP contribution in [0.5, 0.6) is 0 Å². The van der Waals surface area contributed by atoms with Gasteiger partial charge in [0.1, 0.15) is 11.6 Å². The molecule has 5 rings (SSSR count). The van der Waals surface area contributed by atoms with E-state index in [9.17, 15) is 14.0 Å². The molecule has 0 unspecified atom stereocenters. The van der Waals surface area contributed by atoms with Crippen LogP contribution in [-0.4, -0.2) is 23.7 Å². The largest absolute Gasteiger partial charge is 0.368 e. The molecule has 2 heterocycles. The van der Waals surface area contributed by atoms with Crippen LogP contribution in [0.25, 0.3) is 11.1 Å². The number of pyridine rings is 1. The number of benzene rings is 2. The van der Waals surface area contributed by atoms with E-state index in [0.717, 1.165) is 24.1 Å². The number of hydrogen-bond acceptors (Lipinski definition) is 5. The van der Waals surface area contributed by atoms with Crippen molar-refractivity contribution in [3.05, 3.63) is 65.6 Å².